The predicted molar refractivity (Wildman–Crippen MR) is 82.4 cm³/mol. The number of hydrogen-bond donors (Lipinski definition) is 2. The first-order valence-electron chi connectivity index (χ1n) is 7.21. The molecule has 8 nitrogen and oxygen atoms in total. The van der Waals surface area contributed by atoms with Gasteiger partial charge in [0.1, 0.15) is 0 Å². The number of amides is 2. The van der Waals surface area contributed by atoms with E-state index in [9.17, 15) is 18.0 Å². The SMILES string of the molecule is O=C(O)CCNC(=O)N1CCN(S(=O)(=O)c2ccccc2)CC1. The van der Waals surface area contributed by atoms with Crippen molar-refractivity contribution in [1.82, 2.24) is 14.5 Å². The van der Waals surface area contributed by atoms with E-state index in [1.807, 2.05) is 0 Å². The molecule has 0 radical (unpaired) electrons. The molecule has 1 saturated heterocycles. The second kappa shape index (κ2) is 7.42. The zero-order valence-corrected chi connectivity index (χ0v) is 13.3. The number of carbonyl (C=O) groups excluding carboxylic acids is 1. The minimum Gasteiger partial charge on any atom is -0.481 e. The number of aliphatic carboxylic acids is 1. The van der Waals surface area contributed by atoms with Crippen molar-refractivity contribution in [2.45, 2.75) is 11.3 Å². The average Bonchev–Trinajstić information content (AvgIpc) is 2.55. The third-order valence-electron chi connectivity index (χ3n) is 3.52. The van der Waals surface area contributed by atoms with Gasteiger partial charge >= 0.3 is 12.0 Å². The summed E-state index contributed by atoms with van der Waals surface area (Å²) in [4.78, 5) is 24.0. The molecule has 0 atom stereocenters. The van der Waals surface area contributed by atoms with E-state index in [2.05, 4.69) is 5.32 Å². The summed E-state index contributed by atoms with van der Waals surface area (Å²) >= 11 is 0. The molecule has 0 aromatic heterocycles. The smallest absolute Gasteiger partial charge is 0.317 e. The van der Waals surface area contributed by atoms with Gasteiger partial charge in [-0.3, -0.25) is 4.79 Å². The van der Waals surface area contributed by atoms with Gasteiger partial charge in [0, 0.05) is 32.7 Å². The average molecular weight is 341 g/mol. The van der Waals surface area contributed by atoms with Crippen molar-refractivity contribution in [3.63, 3.8) is 0 Å². The van der Waals surface area contributed by atoms with Gasteiger partial charge in [0.05, 0.1) is 11.3 Å². The molecule has 0 aliphatic carbocycles. The molecule has 2 rings (SSSR count). The fraction of sp³-hybridized carbons (Fsp3) is 0.429. The Bertz CT molecular complexity index is 654. The molecule has 1 fully saturated rings. The minimum absolute atomic E-state index is 0.0523. The second-order valence-electron chi connectivity index (χ2n) is 5.08. The summed E-state index contributed by atoms with van der Waals surface area (Å²) < 4.78 is 26.3. The molecule has 2 amide bonds. The minimum atomic E-state index is -3.54. The van der Waals surface area contributed by atoms with E-state index in [4.69, 9.17) is 5.11 Å². The normalized spacial score (nSPS) is 16.1. The van der Waals surface area contributed by atoms with Crippen molar-refractivity contribution < 1.29 is 23.1 Å². The molecule has 2 N–H and O–H groups in total. The van der Waals surface area contributed by atoms with Crippen molar-refractivity contribution in [1.29, 1.82) is 0 Å². The Kier molecular flexibility index (Phi) is 5.56. The Morgan fingerprint density at radius 1 is 1.09 bits per heavy atom. The number of nitrogens with zero attached hydrogens (tertiary/aromatic N) is 2. The van der Waals surface area contributed by atoms with E-state index in [0.29, 0.717) is 0 Å². The third kappa shape index (κ3) is 4.42. The van der Waals surface area contributed by atoms with Crippen molar-refractivity contribution in [2.24, 2.45) is 0 Å². The summed E-state index contributed by atoms with van der Waals surface area (Å²) in [6.45, 7) is 1.01. The van der Waals surface area contributed by atoms with Gasteiger partial charge in [-0.05, 0) is 12.1 Å². The molecule has 0 saturated carbocycles. The second-order valence-corrected chi connectivity index (χ2v) is 7.02. The summed E-state index contributed by atoms with van der Waals surface area (Å²) in [7, 11) is -3.54. The Balaban J connectivity index is 1.88. The van der Waals surface area contributed by atoms with Crippen LogP contribution in [0, 0.1) is 0 Å². The Labute approximate surface area is 134 Å². The maximum Gasteiger partial charge on any atom is 0.317 e. The molecule has 1 aromatic carbocycles. The van der Waals surface area contributed by atoms with Crippen molar-refractivity contribution in [2.75, 3.05) is 32.7 Å². The molecule has 0 bridgehead atoms. The van der Waals surface area contributed by atoms with Crippen LogP contribution in [-0.4, -0.2) is 67.5 Å². The number of piperazine rings is 1. The molecule has 1 heterocycles. The van der Waals surface area contributed by atoms with Crippen LogP contribution in [0.2, 0.25) is 0 Å². The van der Waals surface area contributed by atoms with Crippen LogP contribution in [0.25, 0.3) is 0 Å². The molecule has 0 spiro atoms. The quantitative estimate of drug-likeness (QED) is 0.794. The number of nitrogens with one attached hydrogen (secondary N) is 1. The Hall–Kier alpha value is -2.13. The number of benzene rings is 1. The number of carbonyl (C=O) groups is 2. The highest BCUT2D eigenvalue weighted by molar-refractivity contribution is 7.89. The Morgan fingerprint density at radius 3 is 2.26 bits per heavy atom. The number of sulfonamides is 1. The van der Waals surface area contributed by atoms with Gasteiger partial charge in [-0.2, -0.15) is 4.31 Å². The van der Waals surface area contributed by atoms with Crippen LogP contribution >= 0.6 is 0 Å². The van der Waals surface area contributed by atoms with E-state index in [1.165, 1.54) is 9.21 Å². The summed E-state index contributed by atoms with van der Waals surface area (Å²) in [6.07, 6.45) is -0.145. The summed E-state index contributed by atoms with van der Waals surface area (Å²) in [5.74, 6) is -0.982. The molecule has 1 aliphatic heterocycles. The number of hydrogen-bond acceptors (Lipinski definition) is 4. The molecule has 0 unspecified atom stereocenters. The zero-order chi connectivity index (χ0) is 16.9. The lowest BCUT2D eigenvalue weighted by Crippen LogP contribution is -2.53. The van der Waals surface area contributed by atoms with Crippen LogP contribution in [0.1, 0.15) is 6.42 Å². The van der Waals surface area contributed by atoms with E-state index >= 15 is 0 Å². The monoisotopic (exact) mass is 341 g/mol. The lowest BCUT2D eigenvalue weighted by Gasteiger charge is -2.33. The highest BCUT2D eigenvalue weighted by Gasteiger charge is 2.29. The van der Waals surface area contributed by atoms with Gasteiger partial charge < -0.3 is 15.3 Å². The molecule has 1 aromatic rings. The maximum atomic E-state index is 12.5. The zero-order valence-electron chi connectivity index (χ0n) is 12.5. The fourth-order valence-electron chi connectivity index (χ4n) is 2.26. The number of urea groups is 1. The molecule has 1 aliphatic rings. The van der Waals surface area contributed by atoms with Crippen LogP contribution in [0.15, 0.2) is 35.2 Å². The molecular formula is C14H19N3O5S. The van der Waals surface area contributed by atoms with Gasteiger partial charge in [-0.15, -0.1) is 0 Å². The van der Waals surface area contributed by atoms with Gasteiger partial charge in [-0.25, -0.2) is 13.2 Å². The van der Waals surface area contributed by atoms with Gasteiger partial charge in [0.25, 0.3) is 0 Å². The number of rotatable bonds is 5. The first kappa shape index (κ1) is 17.2. The summed E-state index contributed by atoms with van der Waals surface area (Å²) in [5, 5.41) is 11.0. The maximum absolute atomic E-state index is 12.5. The summed E-state index contributed by atoms with van der Waals surface area (Å²) in [6, 6.07) is 7.79. The van der Waals surface area contributed by atoms with Crippen LogP contribution in [0.4, 0.5) is 4.79 Å². The van der Waals surface area contributed by atoms with Crippen molar-refractivity contribution >= 4 is 22.0 Å². The summed E-state index contributed by atoms with van der Waals surface area (Å²) in [5.41, 5.74) is 0. The van der Waals surface area contributed by atoms with E-state index in [-0.39, 0.29) is 50.1 Å². The first-order chi connectivity index (χ1) is 10.9. The molecular weight excluding hydrogens is 322 g/mol. The molecule has 9 heteroatoms. The standard InChI is InChI=1S/C14H19N3O5S/c18-13(19)6-7-15-14(20)16-8-10-17(11-9-16)23(21,22)12-4-2-1-3-5-12/h1-5H,6-11H2,(H,15,20)(H,18,19). The van der Waals surface area contributed by atoms with Crippen LogP contribution in [0.3, 0.4) is 0 Å². The highest BCUT2D eigenvalue weighted by Crippen LogP contribution is 2.17. The van der Waals surface area contributed by atoms with E-state index in [1.54, 1.807) is 30.3 Å². The highest BCUT2D eigenvalue weighted by atomic mass is 32.2. The van der Waals surface area contributed by atoms with Gasteiger partial charge in [0.2, 0.25) is 10.0 Å². The van der Waals surface area contributed by atoms with E-state index < -0.39 is 16.0 Å². The van der Waals surface area contributed by atoms with Crippen LogP contribution < -0.4 is 5.32 Å². The number of carboxylic acids is 1. The molecule has 126 valence electrons. The van der Waals surface area contributed by atoms with E-state index in [0.717, 1.165) is 0 Å². The topological polar surface area (TPSA) is 107 Å². The lowest BCUT2D eigenvalue weighted by atomic mass is 10.4. The number of carboxylic acid groups (broad SMARTS) is 1. The Morgan fingerprint density at radius 2 is 1.70 bits per heavy atom. The van der Waals surface area contributed by atoms with Gasteiger partial charge in [0.15, 0.2) is 0 Å². The fourth-order valence-corrected chi connectivity index (χ4v) is 3.70. The van der Waals surface area contributed by atoms with Gasteiger partial charge in [-0.1, -0.05) is 18.2 Å². The predicted octanol–water partition coefficient (Wildman–Crippen LogP) is 0.177. The van der Waals surface area contributed by atoms with Crippen LogP contribution in [-0.2, 0) is 14.8 Å². The lowest BCUT2D eigenvalue weighted by molar-refractivity contribution is -0.136. The van der Waals surface area contributed by atoms with Crippen molar-refractivity contribution in [3.05, 3.63) is 30.3 Å². The van der Waals surface area contributed by atoms with Crippen molar-refractivity contribution in [3.8, 4) is 0 Å². The molecule has 23 heavy (non-hydrogen) atoms. The largest absolute Gasteiger partial charge is 0.481 e. The van der Waals surface area contributed by atoms with Crippen LogP contribution in [0.5, 0.6) is 0 Å². The first-order valence-corrected chi connectivity index (χ1v) is 8.65. The third-order valence-corrected chi connectivity index (χ3v) is 5.43.